The summed E-state index contributed by atoms with van der Waals surface area (Å²) in [4.78, 5) is 24.7. The van der Waals surface area contributed by atoms with E-state index in [1.54, 1.807) is 6.08 Å². The Kier molecular flexibility index (Phi) is 7.10. The van der Waals surface area contributed by atoms with E-state index in [1.165, 1.54) is 25.7 Å². The smallest absolute Gasteiger partial charge is 0.309 e. The van der Waals surface area contributed by atoms with Gasteiger partial charge in [-0.15, -0.1) is 6.58 Å². The van der Waals surface area contributed by atoms with Gasteiger partial charge in [0, 0.05) is 12.3 Å². The molecule has 3 nitrogen and oxygen atoms in total. The van der Waals surface area contributed by atoms with Gasteiger partial charge in [0.1, 0.15) is 5.78 Å². The molecule has 5 rings (SSSR count). The average Bonchev–Trinajstić information content (AvgIpc) is 3.17. The van der Waals surface area contributed by atoms with Crippen LogP contribution in [0, 0.1) is 51.8 Å². The van der Waals surface area contributed by atoms with Gasteiger partial charge in [0.2, 0.25) is 0 Å². The molecule has 0 aromatic heterocycles. The topological polar surface area (TPSA) is 54.4 Å². The molecule has 182 valence electrons. The predicted molar refractivity (Wildman–Crippen MR) is 131 cm³/mol. The second-order valence-corrected chi connectivity index (χ2v) is 12.2. The summed E-state index contributed by atoms with van der Waals surface area (Å²) in [6, 6.07) is 0. The highest BCUT2D eigenvalue weighted by Gasteiger charge is 2.65. The molecule has 0 radical (unpaired) electrons. The molecule has 0 saturated heterocycles. The highest BCUT2D eigenvalue weighted by molar-refractivity contribution is 5.82. The van der Waals surface area contributed by atoms with Crippen molar-refractivity contribution in [1.29, 1.82) is 0 Å². The molecule has 5 fully saturated rings. The van der Waals surface area contributed by atoms with Crippen molar-refractivity contribution in [3.05, 3.63) is 12.7 Å². The van der Waals surface area contributed by atoms with Gasteiger partial charge in [0.15, 0.2) is 0 Å². The van der Waals surface area contributed by atoms with Crippen molar-refractivity contribution in [2.45, 2.75) is 106 Å². The number of fused-ring (bicyclic) bond motifs is 7. The van der Waals surface area contributed by atoms with Gasteiger partial charge in [-0.1, -0.05) is 40.7 Å². The molecule has 5 saturated carbocycles. The van der Waals surface area contributed by atoms with Crippen LogP contribution in [0.1, 0.15) is 106 Å². The Morgan fingerprint density at radius 2 is 1.59 bits per heavy atom. The van der Waals surface area contributed by atoms with E-state index >= 15 is 0 Å². The first kappa shape index (κ1) is 25.5. The van der Waals surface area contributed by atoms with Gasteiger partial charge in [-0.25, -0.2) is 0 Å². The third-order valence-electron chi connectivity index (χ3n) is 11.3. The van der Waals surface area contributed by atoms with Crippen molar-refractivity contribution >= 4 is 11.8 Å². The highest BCUT2D eigenvalue weighted by atomic mass is 16.4. The second kappa shape index (κ2) is 8.91. The van der Waals surface area contributed by atoms with E-state index in [4.69, 9.17) is 0 Å². The maximum atomic E-state index is 12.4. The normalized spacial score (nSPS) is 49.1. The fourth-order valence-electron chi connectivity index (χ4n) is 10.0. The molecule has 1 N–H and O–H groups in total. The number of Topliss-reactive ketones (excluding diaryl/α,β-unsaturated/α-hetero) is 1. The first-order valence-corrected chi connectivity index (χ1v) is 13.0. The standard InChI is InChI=1S/C25H38O3.C3H6.CH4/c1-15-17-8-12-24(3)18-9-14-25(22(27)28)11-4-5-19(25)16(18)6-7-21(24)23(17,2)13-10-20(15)26;1-3-2;/h15-19,21H,4-14H2,1-3H3,(H,27,28);3H,1H2,2H3;1H4. The molecule has 9 unspecified atom stereocenters. The third kappa shape index (κ3) is 3.43. The zero-order valence-corrected chi connectivity index (χ0v) is 20.3. The third-order valence-corrected chi connectivity index (χ3v) is 11.3. The molecule has 0 aromatic rings. The van der Waals surface area contributed by atoms with Crippen molar-refractivity contribution in [2.24, 2.45) is 51.8 Å². The van der Waals surface area contributed by atoms with E-state index in [-0.39, 0.29) is 13.3 Å². The summed E-state index contributed by atoms with van der Waals surface area (Å²) in [6.45, 7) is 12.5. The quantitative estimate of drug-likeness (QED) is 0.425. The van der Waals surface area contributed by atoms with Gasteiger partial charge in [0.05, 0.1) is 5.41 Å². The number of rotatable bonds is 1. The lowest BCUT2D eigenvalue weighted by Crippen LogP contribution is -2.61. The lowest BCUT2D eigenvalue weighted by Gasteiger charge is -2.67. The van der Waals surface area contributed by atoms with E-state index < -0.39 is 11.4 Å². The molecule has 0 amide bonds. The number of aliphatic carboxylic acids is 1. The largest absolute Gasteiger partial charge is 0.481 e. The van der Waals surface area contributed by atoms with E-state index in [1.807, 2.05) is 6.92 Å². The summed E-state index contributed by atoms with van der Waals surface area (Å²) >= 11 is 0. The van der Waals surface area contributed by atoms with Crippen molar-refractivity contribution in [3.8, 4) is 0 Å². The summed E-state index contributed by atoms with van der Waals surface area (Å²) in [7, 11) is 0. The SMILES string of the molecule is C.C=CC.CC1C(=O)CCC2(C)C1CCC1(C)C3CCC4(C(=O)O)CCCC4C3CCC21. The summed E-state index contributed by atoms with van der Waals surface area (Å²) in [5.41, 5.74) is 0.251. The van der Waals surface area contributed by atoms with Crippen molar-refractivity contribution in [2.75, 3.05) is 0 Å². The summed E-state index contributed by atoms with van der Waals surface area (Å²) in [6.07, 6.45) is 13.8. The van der Waals surface area contributed by atoms with Crippen LogP contribution in [0.4, 0.5) is 0 Å². The number of hydrogen-bond donors (Lipinski definition) is 1. The van der Waals surface area contributed by atoms with Crippen LogP contribution in [0.15, 0.2) is 12.7 Å². The molecule has 5 aliphatic carbocycles. The second-order valence-electron chi connectivity index (χ2n) is 12.2. The molecular formula is C29H48O3. The Morgan fingerprint density at radius 3 is 2.25 bits per heavy atom. The molecule has 32 heavy (non-hydrogen) atoms. The number of carbonyl (C=O) groups excluding carboxylic acids is 1. The lowest BCUT2D eigenvalue weighted by atomic mass is 9.38. The number of carboxylic acid groups (broad SMARTS) is 1. The van der Waals surface area contributed by atoms with Gasteiger partial charge in [-0.05, 0) is 105 Å². The van der Waals surface area contributed by atoms with E-state index in [0.717, 1.165) is 44.9 Å². The highest BCUT2D eigenvalue weighted by Crippen LogP contribution is 2.71. The van der Waals surface area contributed by atoms with Crippen LogP contribution in [0.3, 0.4) is 0 Å². The Labute approximate surface area is 196 Å². The fourth-order valence-corrected chi connectivity index (χ4v) is 10.0. The fraction of sp³-hybridized carbons (Fsp3) is 0.862. The van der Waals surface area contributed by atoms with Crippen LogP contribution in [0.5, 0.6) is 0 Å². The molecule has 9 atom stereocenters. The number of carboxylic acids is 1. The van der Waals surface area contributed by atoms with Crippen LogP contribution in [0.2, 0.25) is 0 Å². The van der Waals surface area contributed by atoms with Gasteiger partial charge in [-0.3, -0.25) is 9.59 Å². The Hall–Kier alpha value is -1.12. The summed E-state index contributed by atoms with van der Waals surface area (Å²) in [5.74, 6) is 3.25. The predicted octanol–water partition coefficient (Wildman–Crippen LogP) is 7.54. The van der Waals surface area contributed by atoms with Gasteiger partial charge >= 0.3 is 5.97 Å². The monoisotopic (exact) mass is 444 g/mol. The molecule has 0 bridgehead atoms. The van der Waals surface area contributed by atoms with Crippen LogP contribution in [0.25, 0.3) is 0 Å². The minimum atomic E-state index is -0.504. The number of ketones is 1. The molecule has 5 aliphatic rings. The lowest BCUT2D eigenvalue weighted by molar-refractivity contribution is -0.191. The molecule has 0 spiro atoms. The summed E-state index contributed by atoms with van der Waals surface area (Å²) in [5, 5.41) is 10.1. The zero-order chi connectivity index (χ0) is 22.6. The van der Waals surface area contributed by atoms with Crippen LogP contribution in [-0.4, -0.2) is 16.9 Å². The zero-order valence-electron chi connectivity index (χ0n) is 20.3. The van der Waals surface area contributed by atoms with Gasteiger partial charge in [-0.2, -0.15) is 0 Å². The number of carbonyl (C=O) groups is 2. The first-order chi connectivity index (χ1) is 14.7. The summed E-state index contributed by atoms with van der Waals surface area (Å²) < 4.78 is 0. The van der Waals surface area contributed by atoms with Crippen LogP contribution >= 0.6 is 0 Å². The molecule has 0 heterocycles. The maximum absolute atomic E-state index is 12.4. The van der Waals surface area contributed by atoms with E-state index in [0.29, 0.717) is 46.2 Å². The van der Waals surface area contributed by atoms with Gasteiger partial charge in [0.25, 0.3) is 0 Å². The number of allylic oxidation sites excluding steroid dienone is 1. The molecule has 0 aliphatic heterocycles. The molecule has 0 aromatic carbocycles. The van der Waals surface area contributed by atoms with Crippen LogP contribution < -0.4 is 0 Å². The Morgan fingerprint density at radius 1 is 0.969 bits per heavy atom. The first-order valence-electron chi connectivity index (χ1n) is 13.0. The maximum Gasteiger partial charge on any atom is 0.309 e. The van der Waals surface area contributed by atoms with Crippen molar-refractivity contribution in [1.82, 2.24) is 0 Å². The average molecular weight is 445 g/mol. The number of hydrogen-bond acceptors (Lipinski definition) is 2. The minimum Gasteiger partial charge on any atom is -0.481 e. The molecular weight excluding hydrogens is 396 g/mol. The van der Waals surface area contributed by atoms with Crippen molar-refractivity contribution < 1.29 is 14.7 Å². The van der Waals surface area contributed by atoms with E-state index in [9.17, 15) is 14.7 Å². The Bertz CT molecular complexity index is 743. The van der Waals surface area contributed by atoms with E-state index in [2.05, 4.69) is 27.4 Å². The van der Waals surface area contributed by atoms with Gasteiger partial charge < -0.3 is 5.11 Å². The Balaban J connectivity index is 0.000000686. The molecule has 3 heteroatoms. The minimum absolute atomic E-state index is 0. The van der Waals surface area contributed by atoms with Crippen LogP contribution in [-0.2, 0) is 9.59 Å². The van der Waals surface area contributed by atoms with Crippen molar-refractivity contribution in [3.63, 3.8) is 0 Å².